The van der Waals surface area contributed by atoms with Crippen LogP contribution in [0, 0.1) is 29.4 Å². The third kappa shape index (κ3) is 6.02. The normalized spacial score (nSPS) is 27.7. The van der Waals surface area contributed by atoms with Crippen molar-refractivity contribution in [3.05, 3.63) is 34.9 Å². The topological polar surface area (TPSA) is 37.3 Å². The van der Waals surface area contributed by atoms with Crippen molar-refractivity contribution in [3.63, 3.8) is 0 Å². The largest absolute Gasteiger partial charge is 0.477 e. The zero-order valence-corrected chi connectivity index (χ0v) is 17.8. The van der Waals surface area contributed by atoms with Crippen LogP contribution in [0.5, 0.6) is 0 Å². The number of rotatable bonds is 8. The van der Waals surface area contributed by atoms with E-state index >= 15 is 0 Å². The number of benzene rings is 1. The molecule has 0 bridgehead atoms. The van der Waals surface area contributed by atoms with Crippen LogP contribution in [-0.4, -0.2) is 11.1 Å². The lowest BCUT2D eigenvalue weighted by atomic mass is 9.75. The van der Waals surface area contributed by atoms with Crippen LogP contribution in [0.25, 0.3) is 0 Å². The van der Waals surface area contributed by atoms with Gasteiger partial charge >= 0.3 is 5.97 Å². The van der Waals surface area contributed by atoms with Gasteiger partial charge in [-0.05, 0) is 67.1 Å². The van der Waals surface area contributed by atoms with Gasteiger partial charge in [0, 0.05) is 0 Å². The van der Waals surface area contributed by atoms with Crippen LogP contribution in [0.1, 0.15) is 112 Å². The predicted octanol–water partition coefficient (Wildman–Crippen LogP) is 7.71. The summed E-state index contributed by atoms with van der Waals surface area (Å²) in [6, 6.07) is 2.46. The molecule has 0 saturated heterocycles. The molecule has 0 atom stereocenters. The van der Waals surface area contributed by atoms with E-state index in [1.807, 2.05) is 0 Å². The van der Waals surface area contributed by atoms with Crippen molar-refractivity contribution in [2.45, 2.75) is 96.3 Å². The number of aromatic carboxylic acids is 1. The summed E-state index contributed by atoms with van der Waals surface area (Å²) < 4.78 is 28.0. The van der Waals surface area contributed by atoms with Gasteiger partial charge in [0.15, 0.2) is 0 Å². The number of carbonyl (C=O) groups is 1. The Morgan fingerprint density at radius 2 is 1.31 bits per heavy atom. The molecular formula is C25H36F2O2. The smallest absolute Gasteiger partial charge is 0.341 e. The van der Waals surface area contributed by atoms with Crippen LogP contribution < -0.4 is 0 Å². The number of carboxylic acid groups (broad SMARTS) is 1. The van der Waals surface area contributed by atoms with E-state index in [-0.39, 0.29) is 5.92 Å². The molecule has 4 heteroatoms. The quantitative estimate of drug-likeness (QED) is 0.480. The van der Waals surface area contributed by atoms with E-state index in [0.717, 1.165) is 43.4 Å². The Labute approximate surface area is 174 Å². The Morgan fingerprint density at radius 1 is 0.862 bits per heavy atom. The highest BCUT2D eigenvalue weighted by Crippen LogP contribution is 2.40. The highest BCUT2D eigenvalue weighted by Gasteiger charge is 2.26. The van der Waals surface area contributed by atoms with E-state index in [9.17, 15) is 13.6 Å². The summed E-state index contributed by atoms with van der Waals surface area (Å²) in [5.74, 6) is -0.674. The van der Waals surface area contributed by atoms with Crippen LogP contribution in [0.3, 0.4) is 0 Å². The Kier molecular flexibility index (Phi) is 8.08. The number of hydrogen-bond acceptors (Lipinski definition) is 1. The van der Waals surface area contributed by atoms with Crippen molar-refractivity contribution in [1.29, 1.82) is 0 Å². The molecule has 29 heavy (non-hydrogen) atoms. The van der Waals surface area contributed by atoms with Gasteiger partial charge in [-0.2, -0.15) is 0 Å². The molecule has 0 radical (unpaired) electrons. The fraction of sp³-hybridized carbons (Fsp3) is 0.720. The SMILES string of the molecule is CCCC1CCC(CCCC2CCC(c3cc(F)c(C(=O)O)c(F)c3)CC2)CC1. The molecule has 2 fully saturated rings. The van der Waals surface area contributed by atoms with Gasteiger partial charge in [-0.3, -0.25) is 0 Å². The fourth-order valence-electron chi connectivity index (χ4n) is 5.73. The lowest BCUT2D eigenvalue weighted by molar-refractivity contribution is 0.0686. The summed E-state index contributed by atoms with van der Waals surface area (Å²) >= 11 is 0. The highest BCUT2D eigenvalue weighted by atomic mass is 19.1. The van der Waals surface area contributed by atoms with Crippen molar-refractivity contribution in [2.24, 2.45) is 17.8 Å². The maximum Gasteiger partial charge on any atom is 0.341 e. The van der Waals surface area contributed by atoms with E-state index in [2.05, 4.69) is 6.92 Å². The van der Waals surface area contributed by atoms with Crippen LogP contribution >= 0.6 is 0 Å². The van der Waals surface area contributed by atoms with Gasteiger partial charge in [-0.1, -0.05) is 64.7 Å². The summed E-state index contributed by atoms with van der Waals surface area (Å²) in [5, 5.41) is 8.92. The minimum absolute atomic E-state index is 0.145. The summed E-state index contributed by atoms with van der Waals surface area (Å²) in [4.78, 5) is 11.0. The number of hydrogen-bond donors (Lipinski definition) is 1. The molecule has 0 unspecified atom stereocenters. The minimum atomic E-state index is -1.55. The zero-order valence-electron chi connectivity index (χ0n) is 17.8. The van der Waals surface area contributed by atoms with Crippen LogP contribution in [0.15, 0.2) is 12.1 Å². The Balaban J connectivity index is 1.39. The lowest BCUT2D eigenvalue weighted by Gasteiger charge is -2.31. The molecular weight excluding hydrogens is 370 g/mol. The average molecular weight is 407 g/mol. The standard InChI is InChI=1S/C25H36F2O2/c1-2-4-17-7-9-18(10-8-17)5-3-6-19-11-13-20(14-12-19)21-15-22(26)24(25(28)29)23(27)16-21/h15-20H,2-14H2,1H3,(H,28,29). The van der Waals surface area contributed by atoms with Gasteiger partial charge in [0.25, 0.3) is 0 Å². The van der Waals surface area contributed by atoms with Crippen molar-refractivity contribution in [2.75, 3.05) is 0 Å². The maximum atomic E-state index is 14.0. The third-order valence-corrected chi connectivity index (χ3v) is 7.48. The molecule has 2 aliphatic rings. The second kappa shape index (κ2) is 10.5. The molecule has 1 aromatic rings. The van der Waals surface area contributed by atoms with Gasteiger partial charge in [-0.25, -0.2) is 13.6 Å². The Morgan fingerprint density at radius 3 is 1.76 bits per heavy atom. The number of carboxylic acids is 1. The first-order valence-electron chi connectivity index (χ1n) is 11.7. The fourth-order valence-corrected chi connectivity index (χ4v) is 5.73. The zero-order chi connectivity index (χ0) is 20.8. The van der Waals surface area contributed by atoms with E-state index < -0.39 is 23.2 Å². The van der Waals surface area contributed by atoms with Crippen molar-refractivity contribution in [1.82, 2.24) is 0 Å². The summed E-state index contributed by atoms with van der Waals surface area (Å²) in [5.41, 5.74) is -0.224. The summed E-state index contributed by atoms with van der Waals surface area (Å²) in [6.45, 7) is 2.29. The number of halogens is 2. The molecule has 3 rings (SSSR count). The first kappa shape index (κ1) is 22.2. The van der Waals surface area contributed by atoms with Gasteiger partial charge in [-0.15, -0.1) is 0 Å². The third-order valence-electron chi connectivity index (χ3n) is 7.48. The van der Waals surface area contributed by atoms with Gasteiger partial charge < -0.3 is 5.11 Å². The molecule has 0 heterocycles. The van der Waals surface area contributed by atoms with Gasteiger partial charge in [0.2, 0.25) is 0 Å². The molecule has 0 amide bonds. The van der Waals surface area contributed by atoms with E-state index in [1.165, 1.54) is 69.9 Å². The first-order chi connectivity index (χ1) is 14.0. The lowest BCUT2D eigenvalue weighted by Crippen LogP contribution is -2.16. The van der Waals surface area contributed by atoms with Crippen molar-refractivity contribution < 1.29 is 18.7 Å². The second-order valence-corrected chi connectivity index (χ2v) is 9.49. The van der Waals surface area contributed by atoms with Crippen LogP contribution in [0.2, 0.25) is 0 Å². The minimum Gasteiger partial charge on any atom is -0.477 e. The predicted molar refractivity (Wildman–Crippen MR) is 112 cm³/mol. The molecule has 0 aliphatic heterocycles. The summed E-state index contributed by atoms with van der Waals surface area (Å²) in [6.07, 6.45) is 16.5. The maximum absolute atomic E-state index is 14.0. The highest BCUT2D eigenvalue weighted by molar-refractivity contribution is 5.88. The second-order valence-electron chi connectivity index (χ2n) is 9.49. The first-order valence-corrected chi connectivity index (χ1v) is 11.7. The van der Waals surface area contributed by atoms with Crippen LogP contribution in [0.4, 0.5) is 8.78 Å². The molecule has 0 aromatic heterocycles. The molecule has 2 aliphatic carbocycles. The molecule has 1 N–H and O–H groups in total. The average Bonchev–Trinajstić information content (AvgIpc) is 2.69. The van der Waals surface area contributed by atoms with Crippen LogP contribution in [-0.2, 0) is 0 Å². The molecule has 2 saturated carbocycles. The molecule has 2 nitrogen and oxygen atoms in total. The molecule has 0 spiro atoms. The van der Waals surface area contributed by atoms with Crippen molar-refractivity contribution in [3.8, 4) is 0 Å². The molecule has 1 aromatic carbocycles. The van der Waals surface area contributed by atoms with E-state index in [1.54, 1.807) is 0 Å². The summed E-state index contributed by atoms with van der Waals surface area (Å²) in [7, 11) is 0. The van der Waals surface area contributed by atoms with Gasteiger partial charge in [0.05, 0.1) is 0 Å². The van der Waals surface area contributed by atoms with E-state index in [0.29, 0.717) is 5.56 Å². The van der Waals surface area contributed by atoms with Crippen molar-refractivity contribution >= 4 is 5.97 Å². The molecule has 162 valence electrons. The Bertz CT molecular complexity index is 648. The Hall–Kier alpha value is -1.45. The monoisotopic (exact) mass is 406 g/mol. The van der Waals surface area contributed by atoms with Gasteiger partial charge in [0.1, 0.15) is 17.2 Å². The van der Waals surface area contributed by atoms with E-state index in [4.69, 9.17) is 5.11 Å².